The van der Waals surface area contributed by atoms with Gasteiger partial charge in [-0.15, -0.1) is 0 Å². The summed E-state index contributed by atoms with van der Waals surface area (Å²) in [5, 5.41) is 34.4. The molecule has 0 saturated heterocycles. The molecule has 0 aliphatic heterocycles. The highest BCUT2D eigenvalue weighted by atomic mass is 16.3. The largest absolute Gasteiger partial charge is 0.508 e. The lowest BCUT2D eigenvalue weighted by Crippen LogP contribution is -1.81. The molecule has 6 nitrogen and oxygen atoms in total. The van der Waals surface area contributed by atoms with Crippen LogP contribution in [-0.4, -0.2) is 25.5 Å². The molecule has 6 heteroatoms. The molecule has 0 aliphatic carbocycles. The Morgan fingerprint density at radius 2 is 1.67 bits per heavy atom. The van der Waals surface area contributed by atoms with Crippen molar-refractivity contribution in [2.45, 2.75) is 0 Å². The van der Waals surface area contributed by atoms with Crippen molar-refractivity contribution in [2.75, 3.05) is 5.73 Å². The van der Waals surface area contributed by atoms with Gasteiger partial charge in [-0.25, -0.2) is 0 Å². The number of nitrogens with zero attached hydrogens (tertiary/aromatic N) is 1. The summed E-state index contributed by atoms with van der Waals surface area (Å²) in [4.78, 5) is 0. The lowest BCUT2D eigenvalue weighted by atomic mass is 10.1. The average Bonchev–Trinajstić information content (AvgIpc) is 2.49. The van der Waals surface area contributed by atoms with Gasteiger partial charge in [-0.05, 0) is 0 Å². The zero-order valence-electron chi connectivity index (χ0n) is 7.60. The second-order valence-electron chi connectivity index (χ2n) is 3.07. The summed E-state index contributed by atoms with van der Waals surface area (Å²) in [7, 11) is 0. The summed E-state index contributed by atoms with van der Waals surface area (Å²) >= 11 is 0. The third kappa shape index (κ3) is 1.52. The molecule has 6 N–H and O–H groups in total. The van der Waals surface area contributed by atoms with Crippen molar-refractivity contribution >= 4 is 5.82 Å². The Morgan fingerprint density at radius 3 is 2.13 bits per heavy atom. The number of rotatable bonds is 1. The van der Waals surface area contributed by atoms with E-state index in [1.54, 1.807) is 0 Å². The highest BCUT2D eigenvalue weighted by Crippen LogP contribution is 2.39. The number of nitrogen functional groups attached to an aromatic ring is 1. The molecule has 1 aromatic heterocycles. The Kier molecular flexibility index (Phi) is 1.89. The van der Waals surface area contributed by atoms with Crippen LogP contribution in [0.15, 0.2) is 18.2 Å². The lowest BCUT2D eigenvalue weighted by molar-refractivity contribution is 0.430. The number of hydrogen-bond donors (Lipinski definition) is 5. The first-order valence-corrected chi connectivity index (χ1v) is 4.14. The molecule has 0 fully saturated rings. The van der Waals surface area contributed by atoms with Gasteiger partial charge in [-0.2, -0.15) is 5.10 Å². The van der Waals surface area contributed by atoms with Crippen molar-refractivity contribution in [1.82, 2.24) is 10.2 Å². The molecule has 1 aromatic carbocycles. The second-order valence-corrected chi connectivity index (χ2v) is 3.07. The fourth-order valence-corrected chi connectivity index (χ4v) is 1.34. The molecule has 0 saturated carbocycles. The van der Waals surface area contributed by atoms with Gasteiger partial charge in [0, 0.05) is 18.2 Å². The van der Waals surface area contributed by atoms with Crippen LogP contribution >= 0.6 is 0 Å². The summed E-state index contributed by atoms with van der Waals surface area (Å²) in [5.74, 6) is -0.481. The average molecular weight is 207 g/mol. The molecule has 15 heavy (non-hydrogen) atoms. The fraction of sp³-hybridized carbons (Fsp3) is 0. The molecule has 0 amide bonds. The number of hydrogen-bond acceptors (Lipinski definition) is 5. The molecule has 0 atom stereocenters. The molecule has 1 heterocycles. The first-order valence-electron chi connectivity index (χ1n) is 4.14. The van der Waals surface area contributed by atoms with E-state index in [-0.39, 0.29) is 28.6 Å². The van der Waals surface area contributed by atoms with E-state index in [2.05, 4.69) is 10.2 Å². The quantitative estimate of drug-likeness (QED) is 0.473. The third-order valence-electron chi connectivity index (χ3n) is 1.95. The molecule has 0 unspecified atom stereocenters. The number of aromatic nitrogens is 2. The topological polar surface area (TPSA) is 115 Å². The number of anilines is 1. The maximum absolute atomic E-state index is 9.53. The Bertz CT molecular complexity index is 484. The van der Waals surface area contributed by atoms with Crippen molar-refractivity contribution in [3.63, 3.8) is 0 Å². The van der Waals surface area contributed by atoms with Crippen LogP contribution in [0.25, 0.3) is 11.3 Å². The zero-order valence-corrected chi connectivity index (χ0v) is 7.60. The van der Waals surface area contributed by atoms with Gasteiger partial charge >= 0.3 is 0 Å². The van der Waals surface area contributed by atoms with Crippen molar-refractivity contribution in [1.29, 1.82) is 0 Å². The van der Waals surface area contributed by atoms with E-state index >= 15 is 0 Å². The van der Waals surface area contributed by atoms with E-state index in [1.165, 1.54) is 6.07 Å². The number of phenols is 3. The van der Waals surface area contributed by atoms with Gasteiger partial charge in [0.25, 0.3) is 0 Å². The van der Waals surface area contributed by atoms with Crippen LogP contribution in [0.1, 0.15) is 0 Å². The molecule has 0 aliphatic rings. The molecular formula is C9H9N3O3. The van der Waals surface area contributed by atoms with Gasteiger partial charge in [0.1, 0.15) is 23.1 Å². The molecule has 2 aromatic rings. The Hall–Kier alpha value is -2.37. The van der Waals surface area contributed by atoms with Gasteiger partial charge in [-0.3, -0.25) is 5.10 Å². The Morgan fingerprint density at radius 1 is 1.07 bits per heavy atom. The minimum Gasteiger partial charge on any atom is -0.508 e. The number of aromatic amines is 1. The Balaban J connectivity index is 2.62. The van der Waals surface area contributed by atoms with E-state index in [1.807, 2.05) is 0 Å². The van der Waals surface area contributed by atoms with Crippen LogP contribution in [0.5, 0.6) is 17.2 Å². The number of phenolic OH excluding ortho intramolecular Hbond substituents is 3. The van der Waals surface area contributed by atoms with Crippen LogP contribution in [0.3, 0.4) is 0 Å². The highest BCUT2D eigenvalue weighted by Gasteiger charge is 2.13. The standard InChI is InChI=1S/C9H9N3O3/c10-8-3-5(11-12-8)9-6(14)1-4(13)2-7(9)15/h1-3,13-15H,(H3,10,11,12). The fourth-order valence-electron chi connectivity index (χ4n) is 1.34. The first kappa shape index (κ1) is 9.20. The van der Waals surface area contributed by atoms with Gasteiger partial charge in [0.15, 0.2) is 0 Å². The molecule has 2 rings (SSSR count). The molecule has 0 spiro atoms. The van der Waals surface area contributed by atoms with Crippen molar-refractivity contribution in [3.05, 3.63) is 18.2 Å². The van der Waals surface area contributed by atoms with Crippen molar-refractivity contribution < 1.29 is 15.3 Å². The minimum atomic E-state index is -0.254. The van der Waals surface area contributed by atoms with Gasteiger partial charge < -0.3 is 21.1 Å². The Labute approximate surface area is 84.6 Å². The van der Waals surface area contributed by atoms with Crippen molar-refractivity contribution in [2.24, 2.45) is 0 Å². The lowest BCUT2D eigenvalue weighted by Gasteiger charge is -2.05. The monoisotopic (exact) mass is 207 g/mol. The van der Waals surface area contributed by atoms with Gasteiger partial charge in [-0.1, -0.05) is 0 Å². The SMILES string of the molecule is Nc1cc(-c2c(O)cc(O)cc2O)[nH]n1. The summed E-state index contributed by atoms with van der Waals surface area (Å²) in [5.41, 5.74) is 5.92. The molecule has 0 bridgehead atoms. The smallest absolute Gasteiger partial charge is 0.145 e. The van der Waals surface area contributed by atoms with E-state index in [4.69, 9.17) is 10.8 Å². The van der Waals surface area contributed by atoms with E-state index in [9.17, 15) is 10.2 Å². The van der Waals surface area contributed by atoms with Gasteiger partial charge in [0.05, 0.1) is 11.3 Å². The number of benzene rings is 1. The molecular weight excluding hydrogens is 198 g/mol. The van der Waals surface area contributed by atoms with E-state index in [0.717, 1.165) is 12.1 Å². The predicted molar refractivity (Wildman–Crippen MR) is 53.4 cm³/mol. The zero-order chi connectivity index (χ0) is 11.0. The summed E-state index contributed by atoms with van der Waals surface area (Å²) in [6.07, 6.45) is 0. The highest BCUT2D eigenvalue weighted by molar-refractivity contribution is 5.76. The number of H-pyrrole nitrogens is 1. The maximum atomic E-state index is 9.53. The minimum absolute atomic E-state index is 0.150. The third-order valence-corrected chi connectivity index (χ3v) is 1.95. The van der Waals surface area contributed by atoms with Crippen LogP contribution in [0.2, 0.25) is 0 Å². The van der Waals surface area contributed by atoms with Crippen LogP contribution in [0, 0.1) is 0 Å². The van der Waals surface area contributed by atoms with Crippen LogP contribution < -0.4 is 5.73 Å². The van der Waals surface area contributed by atoms with E-state index in [0.29, 0.717) is 5.69 Å². The molecule has 78 valence electrons. The van der Waals surface area contributed by atoms with Crippen molar-refractivity contribution in [3.8, 4) is 28.5 Å². The predicted octanol–water partition coefficient (Wildman–Crippen LogP) is 0.776. The number of nitrogens with one attached hydrogen (secondary N) is 1. The summed E-state index contributed by atoms with van der Waals surface area (Å²) in [6, 6.07) is 3.70. The van der Waals surface area contributed by atoms with Crippen LogP contribution in [0.4, 0.5) is 5.82 Å². The van der Waals surface area contributed by atoms with E-state index < -0.39 is 0 Å². The maximum Gasteiger partial charge on any atom is 0.145 e. The normalized spacial score (nSPS) is 10.4. The van der Waals surface area contributed by atoms with Crippen LogP contribution in [-0.2, 0) is 0 Å². The second kappa shape index (κ2) is 3.09. The van der Waals surface area contributed by atoms with Gasteiger partial charge in [0.2, 0.25) is 0 Å². The first-order chi connectivity index (χ1) is 7.08. The summed E-state index contributed by atoms with van der Waals surface area (Å²) < 4.78 is 0. The number of aromatic hydroxyl groups is 3. The number of nitrogens with two attached hydrogens (primary N) is 1. The summed E-state index contributed by atoms with van der Waals surface area (Å²) in [6.45, 7) is 0. The molecule has 0 radical (unpaired) electrons.